The van der Waals surface area contributed by atoms with Crippen LogP contribution in [0.1, 0.15) is 19.3 Å². The lowest BCUT2D eigenvalue weighted by molar-refractivity contribution is 0.546. The van der Waals surface area contributed by atoms with Crippen LogP contribution >= 0.6 is 0 Å². The van der Waals surface area contributed by atoms with Gasteiger partial charge in [0.15, 0.2) is 0 Å². The van der Waals surface area contributed by atoms with Gasteiger partial charge in [0.1, 0.15) is 11.6 Å². The standard InChI is InChI=1S/C12H15F2NOS/c13-9-4-5-10(14)12(6-9)17(16)11-3-1-2-8(11)7-15/h4-6,8,11H,1-3,7,15H2. The van der Waals surface area contributed by atoms with Gasteiger partial charge in [0, 0.05) is 5.25 Å². The van der Waals surface area contributed by atoms with Gasteiger partial charge < -0.3 is 5.73 Å². The predicted molar refractivity (Wildman–Crippen MR) is 62.9 cm³/mol. The zero-order valence-corrected chi connectivity index (χ0v) is 10.2. The number of hydrogen-bond donors (Lipinski definition) is 1. The molecule has 2 N–H and O–H groups in total. The van der Waals surface area contributed by atoms with Gasteiger partial charge in [-0.3, -0.25) is 4.21 Å². The average Bonchev–Trinajstić information content (AvgIpc) is 2.79. The minimum absolute atomic E-state index is 0.0321. The third-order valence-electron chi connectivity index (χ3n) is 3.28. The Morgan fingerprint density at radius 3 is 2.82 bits per heavy atom. The number of hydrogen-bond acceptors (Lipinski definition) is 2. The quantitative estimate of drug-likeness (QED) is 0.904. The fraction of sp³-hybridized carbons (Fsp3) is 0.500. The minimum atomic E-state index is -1.51. The lowest BCUT2D eigenvalue weighted by Gasteiger charge is -2.17. The molecule has 17 heavy (non-hydrogen) atoms. The first-order chi connectivity index (χ1) is 8.13. The molecular weight excluding hydrogens is 244 g/mol. The van der Waals surface area contributed by atoms with Crippen LogP contribution < -0.4 is 5.73 Å². The first-order valence-electron chi connectivity index (χ1n) is 5.69. The van der Waals surface area contributed by atoms with Crippen molar-refractivity contribution >= 4 is 10.8 Å². The van der Waals surface area contributed by atoms with Crippen LogP contribution in [0.3, 0.4) is 0 Å². The molecule has 0 saturated heterocycles. The molecule has 0 heterocycles. The van der Waals surface area contributed by atoms with Crippen LogP contribution in [0, 0.1) is 17.6 Å². The SMILES string of the molecule is NCC1CCCC1S(=O)c1cc(F)ccc1F. The Morgan fingerprint density at radius 2 is 2.12 bits per heavy atom. The minimum Gasteiger partial charge on any atom is -0.330 e. The first-order valence-corrected chi connectivity index (χ1v) is 6.90. The summed E-state index contributed by atoms with van der Waals surface area (Å²) in [6, 6.07) is 3.08. The summed E-state index contributed by atoms with van der Waals surface area (Å²) in [5, 5.41) is -0.142. The van der Waals surface area contributed by atoms with E-state index in [0.717, 1.165) is 37.5 Å². The van der Waals surface area contributed by atoms with Crippen LogP contribution in [0.25, 0.3) is 0 Å². The maximum atomic E-state index is 13.5. The van der Waals surface area contributed by atoms with Crippen molar-refractivity contribution < 1.29 is 13.0 Å². The van der Waals surface area contributed by atoms with Crippen molar-refractivity contribution in [3.8, 4) is 0 Å². The number of rotatable bonds is 3. The molecule has 3 atom stereocenters. The molecule has 94 valence electrons. The van der Waals surface area contributed by atoms with Crippen molar-refractivity contribution in [1.29, 1.82) is 0 Å². The zero-order chi connectivity index (χ0) is 12.4. The van der Waals surface area contributed by atoms with E-state index in [4.69, 9.17) is 5.73 Å². The molecule has 0 aromatic heterocycles. The van der Waals surface area contributed by atoms with E-state index in [9.17, 15) is 13.0 Å². The van der Waals surface area contributed by atoms with Crippen LogP contribution in [0.2, 0.25) is 0 Å². The highest BCUT2D eigenvalue weighted by atomic mass is 32.2. The molecular formula is C12H15F2NOS. The number of halogens is 2. The normalized spacial score (nSPS) is 26.1. The molecule has 2 nitrogen and oxygen atoms in total. The molecule has 0 bridgehead atoms. The van der Waals surface area contributed by atoms with E-state index in [1.807, 2.05) is 0 Å². The van der Waals surface area contributed by atoms with Gasteiger partial charge in [-0.1, -0.05) is 6.42 Å². The van der Waals surface area contributed by atoms with E-state index in [1.54, 1.807) is 0 Å². The Bertz CT molecular complexity index is 439. The van der Waals surface area contributed by atoms with E-state index in [2.05, 4.69) is 0 Å². The molecule has 1 saturated carbocycles. The fourth-order valence-electron chi connectivity index (χ4n) is 2.35. The van der Waals surface area contributed by atoms with Crippen molar-refractivity contribution in [3.63, 3.8) is 0 Å². The fourth-order valence-corrected chi connectivity index (χ4v) is 4.14. The Kier molecular flexibility index (Phi) is 3.89. The second-order valence-corrected chi connectivity index (χ2v) is 5.98. The molecule has 1 fully saturated rings. The highest BCUT2D eigenvalue weighted by Crippen LogP contribution is 2.32. The highest BCUT2D eigenvalue weighted by Gasteiger charge is 2.32. The molecule has 2 rings (SSSR count). The van der Waals surface area contributed by atoms with Gasteiger partial charge in [-0.15, -0.1) is 0 Å². The molecule has 0 aliphatic heterocycles. The third-order valence-corrected chi connectivity index (χ3v) is 5.19. The second kappa shape index (κ2) is 5.23. The molecule has 3 unspecified atom stereocenters. The molecule has 1 aromatic carbocycles. The van der Waals surface area contributed by atoms with Crippen LogP contribution in [0.4, 0.5) is 8.78 Å². The average molecular weight is 259 g/mol. The smallest absolute Gasteiger partial charge is 0.139 e. The van der Waals surface area contributed by atoms with E-state index >= 15 is 0 Å². The van der Waals surface area contributed by atoms with Crippen LogP contribution in [-0.4, -0.2) is 16.0 Å². The van der Waals surface area contributed by atoms with E-state index in [-0.39, 0.29) is 16.1 Å². The third kappa shape index (κ3) is 2.55. The summed E-state index contributed by atoms with van der Waals surface area (Å²) in [7, 11) is -1.51. The van der Waals surface area contributed by atoms with Crippen LogP contribution in [0.15, 0.2) is 23.1 Å². The summed E-state index contributed by atoms with van der Waals surface area (Å²) < 4.78 is 38.8. The van der Waals surface area contributed by atoms with Gasteiger partial charge in [0.2, 0.25) is 0 Å². The van der Waals surface area contributed by atoms with Gasteiger partial charge in [-0.25, -0.2) is 8.78 Å². The van der Waals surface area contributed by atoms with Gasteiger partial charge in [0.05, 0.1) is 15.7 Å². The highest BCUT2D eigenvalue weighted by molar-refractivity contribution is 7.85. The lowest BCUT2D eigenvalue weighted by Crippen LogP contribution is -2.27. The number of benzene rings is 1. The Balaban J connectivity index is 2.27. The van der Waals surface area contributed by atoms with Crippen molar-refractivity contribution in [2.75, 3.05) is 6.54 Å². The van der Waals surface area contributed by atoms with Crippen molar-refractivity contribution in [1.82, 2.24) is 0 Å². The number of nitrogens with two attached hydrogens (primary N) is 1. The molecule has 1 aliphatic rings. The lowest BCUT2D eigenvalue weighted by atomic mass is 10.1. The van der Waals surface area contributed by atoms with E-state index < -0.39 is 22.4 Å². The Morgan fingerprint density at radius 1 is 1.35 bits per heavy atom. The Labute approximate surface area is 102 Å². The summed E-state index contributed by atoms with van der Waals surface area (Å²) in [5.41, 5.74) is 5.61. The topological polar surface area (TPSA) is 43.1 Å². The van der Waals surface area contributed by atoms with Crippen molar-refractivity contribution in [3.05, 3.63) is 29.8 Å². The van der Waals surface area contributed by atoms with Crippen LogP contribution in [-0.2, 0) is 10.8 Å². The van der Waals surface area contributed by atoms with Gasteiger partial charge >= 0.3 is 0 Å². The van der Waals surface area contributed by atoms with Crippen LogP contribution in [0.5, 0.6) is 0 Å². The zero-order valence-electron chi connectivity index (χ0n) is 9.36. The van der Waals surface area contributed by atoms with E-state index in [0.29, 0.717) is 6.54 Å². The molecule has 0 radical (unpaired) electrons. The molecule has 1 aliphatic carbocycles. The maximum absolute atomic E-state index is 13.5. The summed E-state index contributed by atoms with van der Waals surface area (Å²) in [6.45, 7) is 0.452. The van der Waals surface area contributed by atoms with Gasteiger partial charge in [0.25, 0.3) is 0 Å². The van der Waals surface area contributed by atoms with Gasteiger partial charge in [-0.05, 0) is 43.5 Å². The van der Waals surface area contributed by atoms with Crippen molar-refractivity contribution in [2.45, 2.75) is 29.4 Å². The largest absolute Gasteiger partial charge is 0.330 e. The van der Waals surface area contributed by atoms with Crippen molar-refractivity contribution in [2.24, 2.45) is 11.7 Å². The molecule has 5 heteroatoms. The molecule has 1 aromatic rings. The molecule has 0 spiro atoms. The predicted octanol–water partition coefficient (Wildman–Crippen LogP) is 2.20. The summed E-state index contributed by atoms with van der Waals surface area (Å²) in [5.74, 6) is -1.01. The monoisotopic (exact) mass is 259 g/mol. The summed E-state index contributed by atoms with van der Waals surface area (Å²) in [6.07, 6.45) is 2.64. The first kappa shape index (κ1) is 12.6. The Hall–Kier alpha value is -0.810. The second-order valence-electron chi connectivity index (χ2n) is 4.34. The summed E-state index contributed by atoms with van der Waals surface area (Å²) in [4.78, 5) is -0.0321. The van der Waals surface area contributed by atoms with E-state index in [1.165, 1.54) is 0 Å². The maximum Gasteiger partial charge on any atom is 0.139 e. The molecule has 0 amide bonds. The summed E-state index contributed by atoms with van der Waals surface area (Å²) >= 11 is 0. The van der Waals surface area contributed by atoms with Gasteiger partial charge in [-0.2, -0.15) is 0 Å².